The first-order valence-electron chi connectivity index (χ1n) is 6.50. The summed E-state index contributed by atoms with van der Waals surface area (Å²) in [6.45, 7) is 6.83. The summed E-state index contributed by atoms with van der Waals surface area (Å²) in [5, 5.41) is 3.94. The third kappa shape index (κ3) is 5.04. The van der Waals surface area contributed by atoms with E-state index in [1.165, 1.54) is 6.07 Å². The fraction of sp³-hybridized carbons (Fsp3) is 0.267. The smallest absolute Gasteiger partial charge is 0.188 e. The molecule has 6 heteroatoms. The molecular weight excluding hydrogens is 382 g/mol. The van der Waals surface area contributed by atoms with Crippen LogP contribution in [0.2, 0.25) is 0 Å². The highest BCUT2D eigenvalue weighted by Gasteiger charge is 2.04. The fourth-order valence-corrected chi connectivity index (χ4v) is 1.96. The van der Waals surface area contributed by atoms with Crippen molar-refractivity contribution in [3.63, 3.8) is 0 Å². The number of guanidine groups is 1. The predicted octanol–water partition coefficient (Wildman–Crippen LogP) is 2.95. The summed E-state index contributed by atoms with van der Waals surface area (Å²) in [4.78, 5) is 7.26. The third-order valence-electron chi connectivity index (χ3n) is 2.95. The van der Waals surface area contributed by atoms with Crippen molar-refractivity contribution in [2.75, 3.05) is 13.1 Å². The Morgan fingerprint density at radius 3 is 2.95 bits per heavy atom. The predicted molar refractivity (Wildman–Crippen MR) is 96.7 cm³/mol. The lowest BCUT2D eigenvalue weighted by atomic mass is 10.1. The van der Waals surface area contributed by atoms with Gasteiger partial charge in [-0.05, 0) is 37.1 Å². The minimum absolute atomic E-state index is 0. The molecule has 0 aliphatic heterocycles. The van der Waals surface area contributed by atoms with Gasteiger partial charge in [-0.1, -0.05) is 12.2 Å². The van der Waals surface area contributed by atoms with Crippen LogP contribution in [0.25, 0.3) is 10.9 Å². The van der Waals surface area contributed by atoms with E-state index in [9.17, 15) is 4.39 Å². The van der Waals surface area contributed by atoms with Gasteiger partial charge >= 0.3 is 0 Å². The molecule has 21 heavy (non-hydrogen) atoms. The SMILES string of the molecule is C=C(C)CN=C(N)NCCc1c[nH]c2ccc(F)cc12.I. The van der Waals surface area contributed by atoms with Gasteiger partial charge in [-0.15, -0.1) is 24.0 Å². The standard InChI is InChI=1S/C15H19FN4.HI/c1-10(2)8-20-15(17)18-6-5-11-9-19-14-4-3-12(16)7-13(11)14;/h3-4,7,9,19H,1,5-6,8H2,2H3,(H3,17,18,20);1H. The Labute approximate surface area is 140 Å². The fourth-order valence-electron chi connectivity index (χ4n) is 1.96. The van der Waals surface area contributed by atoms with Gasteiger partial charge in [0.15, 0.2) is 5.96 Å². The number of rotatable bonds is 5. The van der Waals surface area contributed by atoms with Gasteiger partial charge in [0.25, 0.3) is 0 Å². The van der Waals surface area contributed by atoms with Gasteiger partial charge < -0.3 is 16.0 Å². The molecule has 0 saturated carbocycles. The highest BCUT2D eigenvalue weighted by Crippen LogP contribution is 2.19. The molecule has 0 unspecified atom stereocenters. The summed E-state index contributed by atoms with van der Waals surface area (Å²) < 4.78 is 13.2. The lowest BCUT2D eigenvalue weighted by molar-refractivity contribution is 0.629. The second-order valence-corrected chi connectivity index (χ2v) is 4.84. The molecule has 0 bridgehead atoms. The van der Waals surface area contributed by atoms with Gasteiger partial charge in [0, 0.05) is 23.6 Å². The minimum Gasteiger partial charge on any atom is -0.370 e. The maximum atomic E-state index is 13.2. The van der Waals surface area contributed by atoms with Crippen molar-refractivity contribution in [2.45, 2.75) is 13.3 Å². The van der Waals surface area contributed by atoms with Crippen LogP contribution < -0.4 is 11.1 Å². The molecule has 0 fully saturated rings. The van der Waals surface area contributed by atoms with Gasteiger partial charge in [0.1, 0.15) is 5.82 Å². The van der Waals surface area contributed by atoms with Crippen molar-refractivity contribution >= 4 is 40.8 Å². The van der Waals surface area contributed by atoms with Gasteiger partial charge in [0.2, 0.25) is 0 Å². The second-order valence-electron chi connectivity index (χ2n) is 4.84. The summed E-state index contributed by atoms with van der Waals surface area (Å²) in [7, 11) is 0. The Bertz CT molecular complexity index is 648. The topological polar surface area (TPSA) is 66.2 Å². The first-order chi connectivity index (χ1) is 9.56. The molecule has 4 N–H and O–H groups in total. The number of benzene rings is 1. The quantitative estimate of drug-likeness (QED) is 0.312. The molecule has 0 atom stereocenters. The van der Waals surface area contributed by atoms with Crippen molar-refractivity contribution < 1.29 is 4.39 Å². The average Bonchev–Trinajstić information content (AvgIpc) is 2.79. The number of nitrogens with one attached hydrogen (secondary N) is 2. The number of aliphatic imine (C=N–C) groups is 1. The molecule has 2 rings (SSSR count). The summed E-state index contributed by atoms with van der Waals surface area (Å²) in [5.74, 6) is 0.174. The van der Waals surface area contributed by atoms with Crippen LogP contribution >= 0.6 is 24.0 Å². The van der Waals surface area contributed by atoms with Crippen LogP contribution in [0.15, 0.2) is 41.5 Å². The highest BCUT2D eigenvalue weighted by molar-refractivity contribution is 14.0. The monoisotopic (exact) mass is 402 g/mol. The van der Waals surface area contributed by atoms with Crippen LogP contribution in [-0.2, 0) is 6.42 Å². The van der Waals surface area contributed by atoms with Crippen molar-refractivity contribution in [2.24, 2.45) is 10.7 Å². The first kappa shape index (κ1) is 17.5. The molecule has 1 aromatic carbocycles. The molecule has 0 aliphatic carbocycles. The number of hydrogen-bond acceptors (Lipinski definition) is 1. The summed E-state index contributed by atoms with van der Waals surface area (Å²) in [6.07, 6.45) is 2.64. The number of aromatic nitrogens is 1. The molecule has 114 valence electrons. The van der Waals surface area contributed by atoms with E-state index >= 15 is 0 Å². The van der Waals surface area contributed by atoms with Crippen LogP contribution in [0.1, 0.15) is 12.5 Å². The molecular formula is C15H20FIN4. The number of hydrogen-bond donors (Lipinski definition) is 3. The van der Waals surface area contributed by atoms with Crippen molar-refractivity contribution in [3.05, 3.63) is 47.9 Å². The molecule has 0 saturated heterocycles. The Kier molecular flexibility index (Phi) is 6.67. The van der Waals surface area contributed by atoms with Gasteiger partial charge in [-0.3, -0.25) is 0 Å². The van der Waals surface area contributed by atoms with Crippen LogP contribution in [-0.4, -0.2) is 24.0 Å². The number of H-pyrrole nitrogens is 1. The molecule has 0 amide bonds. The summed E-state index contributed by atoms with van der Waals surface area (Å²) in [6, 6.07) is 4.73. The second kappa shape index (κ2) is 8.02. The Morgan fingerprint density at radius 1 is 1.48 bits per heavy atom. The van der Waals surface area contributed by atoms with Crippen molar-refractivity contribution in [1.29, 1.82) is 0 Å². The molecule has 0 radical (unpaired) electrons. The minimum atomic E-state index is -0.228. The lowest BCUT2D eigenvalue weighted by Gasteiger charge is -2.05. The highest BCUT2D eigenvalue weighted by atomic mass is 127. The van der Waals surface area contributed by atoms with E-state index in [-0.39, 0.29) is 29.8 Å². The largest absolute Gasteiger partial charge is 0.370 e. The van der Waals surface area contributed by atoms with Crippen LogP contribution in [0.4, 0.5) is 4.39 Å². The average molecular weight is 402 g/mol. The van der Waals surface area contributed by atoms with Crippen LogP contribution in [0, 0.1) is 5.82 Å². The van der Waals surface area contributed by atoms with Crippen molar-refractivity contribution in [1.82, 2.24) is 10.3 Å². The number of nitrogens with zero attached hydrogens (tertiary/aromatic N) is 1. The van der Waals surface area contributed by atoms with E-state index in [0.717, 1.165) is 28.5 Å². The van der Waals surface area contributed by atoms with Crippen LogP contribution in [0.3, 0.4) is 0 Å². The number of aromatic amines is 1. The zero-order valence-corrected chi connectivity index (χ0v) is 14.3. The third-order valence-corrected chi connectivity index (χ3v) is 2.95. The van der Waals surface area contributed by atoms with Gasteiger partial charge in [-0.25, -0.2) is 9.38 Å². The summed E-state index contributed by atoms with van der Waals surface area (Å²) >= 11 is 0. The van der Waals surface area contributed by atoms with Crippen molar-refractivity contribution in [3.8, 4) is 0 Å². The lowest BCUT2D eigenvalue weighted by Crippen LogP contribution is -2.33. The first-order valence-corrected chi connectivity index (χ1v) is 6.50. The van der Waals surface area contributed by atoms with Gasteiger partial charge in [-0.2, -0.15) is 0 Å². The summed E-state index contributed by atoms with van der Waals surface area (Å²) in [5.41, 5.74) is 8.68. The maximum Gasteiger partial charge on any atom is 0.188 e. The Balaban J connectivity index is 0.00000220. The zero-order chi connectivity index (χ0) is 14.5. The van der Waals surface area contributed by atoms with Crippen LogP contribution in [0.5, 0.6) is 0 Å². The maximum absolute atomic E-state index is 13.2. The Morgan fingerprint density at radius 2 is 2.24 bits per heavy atom. The Hall–Kier alpha value is -1.57. The van der Waals surface area contributed by atoms with E-state index in [1.54, 1.807) is 12.1 Å². The normalized spacial score (nSPS) is 11.2. The molecule has 2 aromatic rings. The molecule has 1 heterocycles. The van der Waals surface area contributed by atoms with E-state index in [4.69, 9.17) is 5.73 Å². The number of nitrogens with two attached hydrogens (primary N) is 1. The molecule has 4 nitrogen and oxygen atoms in total. The zero-order valence-electron chi connectivity index (χ0n) is 11.9. The number of halogens is 2. The van der Waals surface area contributed by atoms with E-state index in [0.29, 0.717) is 19.0 Å². The van der Waals surface area contributed by atoms with E-state index < -0.39 is 0 Å². The molecule has 0 spiro atoms. The molecule has 0 aliphatic rings. The number of fused-ring (bicyclic) bond motifs is 1. The molecule has 1 aromatic heterocycles. The van der Waals surface area contributed by atoms with E-state index in [1.807, 2.05) is 13.1 Å². The van der Waals surface area contributed by atoms with E-state index in [2.05, 4.69) is 21.9 Å². The van der Waals surface area contributed by atoms with Gasteiger partial charge in [0.05, 0.1) is 6.54 Å².